The molecule has 4 aromatic rings. The topological polar surface area (TPSA) is 148 Å². The molecule has 1 aliphatic heterocycles. The van der Waals surface area contributed by atoms with Crippen molar-refractivity contribution in [3.05, 3.63) is 131 Å². The number of carbonyl (C=O) groups excluding carboxylic acids is 2. The Morgan fingerprint density at radius 1 is 0.898 bits per heavy atom. The van der Waals surface area contributed by atoms with Crippen LogP contribution in [-0.2, 0) is 9.59 Å². The van der Waals surface area contributed by atoms with Crippen molar-refractivity contribution in [2.24, 2.45) is 17.8 Å². The Morgan fingerprint density at radius 2 is 1.59 bits per heavy atom. The van der Waals surface area contributed by atoms with Gasteiger partial charge in [-0.2, -0.15) is 0 Å². The number of imide groups is 1. The summed E-state index contributed by atoms with van der Waals surface area (Å²) < 4.78 is 6.12. The number of rotatable bonds is 12. The van der Waals surface area contributed by atoms with Gasteiger partial charge in [0.25, 0.3) is 0 Å². The lowest BCUT2D eigenvalue weighted by molar-refractivity contribution is -0.123. The van der Waals surface area contributed by atoms with Gasteiger partial charge in [-0.15, -0.1) is 0 Å². The average molecular weight is 660 g/mol. The number of aromatic hydroxyl groups is 1. The van der Waals surface area contributed by atoms with Gasteiger partial charge in [0.1, 0.15) is 18.1 Å². The fourth-order valence-corrected chi connectivity index (χ4v) is 7.03. The van der Waals surface area contributed by atoms with Gasteiger partial charge in [-0.05, 0) is 89.0 Å². The van der Waals surface area contributed by atoms with Crippen molar-refractivity contribution in [3.63, 3.8) is 0 Å². The minimum atomic E-state index is -1.78. The first kappa shape index (κ1) is 33.9. The molecule has 4 atom stereocenters. The van der Waals surface area contributed by atoms with Crippen LogP contribution in [0.25, 0.3) is 11.6 Å². The van der Waals surface area contributed by atoms with Gasteiger partial charge in [-0.25, -0.2) is 0 Å². The Morgan fingerprint density at radius 3 is 2.27 bits per heavy atom. The second-order valence-electron chi connectivity index (χ2n) is 12.4. The number of para-hydroxylation sites is 1. The number of fused-ring (bicyclic) bond motifs is 1. The van der Waals surface area contributed by atoms with E-state index in [0.717, 1.165) is 21.6 Å². The van der Waals surface area contributed by atoms with Gasteiger partial charge >= 0.3 is 7.12 Å². The Kier molecular flexibility index (Phi) is 10.4. The van der Waals surface area contributed by atoms with E-state index in [0.29, 0.717) is 23.3 Å². The van der Waals surface area contributed by atoms with Crippen LogP contribution in [0, 0.1) is 17.8 Å². The first-order valence-electron chi connectivity index (χ1n) is 16.3. The number of allylic oxidation sites excluding steroid dienone is 1. The molecule has 2 aliphatic rings. The maximum absolute atomic E-state index is 14.0. The molecule has 250 valence electrons. The van der Waals surface area contributed by atoms with Crippen molar-refractivity contribution in [3.8, 4) is 11.5 Å². The van der Waals surface area contributed by atoms with Crippen LogP contribution in [0.5, 0.6) is 11.5 Å². The maximum Gasteiger partial charge on any atom is 0.488 e. The van der Waals surface area contributed by atoms with E-state index >= 15 is 0 Å². The first-order chi connectivity index (χ1) is 23.7. The molecule has 0 saturated carbocycles. The summed E-state index contributed by atoms with van der Waals surface area (Å²) in [4.78, 5) is 29.0. The number of aliphatic hydroxyl groups is 2. The summed E-state index contributed by atoms with van der Waals surface area (Å²) in [5, 5.41) is 52.0. The van der Waals surface area contributed by atoms with E-state index in [2.05, 4.69) is 0 Å². The van der Waals surface area contributed by atoms with Crippen LogP contribution in [0.4, 0.5) is 5.69 Å². The number of nitrogens with zero attached hydrogens (tertiary/aromatic N) is 1. The van der Waals surface area contributed by atoms with E-state index in [9.17, 15) is 35.0 Å². The van der Waals surface area contributed by atoms with E-state index in [1.165, 1.54) is 12.1 Å². The minimum Gasteiger partial charge on any atom is -0.508 e. The first-order valence-corrected chi connectivity index (χ1v) is 16.3. The fourth-order valence-electron chi connectivity index (χ4n) is 7.03. The summed E-state index contributed by atoms with van der Waals surface area (Å²) in [7, 11) is -1.78. The van der Waals surface area contributed by atoms with E-state index < -0.39 is 49.4 Å². The van der Waals surface area contributed by atoms with Gasteiger partial charge in [0.2, 0.25) is 11.8 Å². The zero-order valence-corrected chi connectivity index (χ0v) is 26.8. The predicted octanol–water partition coefficient (Wildman–Crippen LogP) is 3.95. The van der Waals surface area contributed by atoms with Crippen molar-refractivity contribution in [2.75, 3.05) is 18.1 Å². The predicted molar refractivity (Wildman–Crippen MR) is 188 cm³/mol. The van der Waals surface area contributed by atoms with Gasteiger partial charge < -0.3 is 30.1 Å². The average Bonchev–Trinajstić information content (AvgIpc) is 3.38. The SMILES string of the molecule is O=C1[C@@H]2[C@@H](CC(COc3ccccc3)=C([C@H](O)CC/C(=C/c3ccc(O)cc3)c3ccccc3)[C@@H]2CO)C(=O)N1c1cccc(B(O)O)c1. The summed E-state index contributed by atoms with van der Waals surface area (Å²) >= 11 is 0. The summed E-state index contributed by atoms with van der Waals surface area (Å²) in [5.74, 6) is -2.77. The summed E-state index contributed by atoms with van der Waals surface area (Å²) in [6.07, 6.45) is 1.80. The Hall–Kier alpha value is -5.00. The molecule has 1 fully saturated rings. The molecule has 5 N–H and O–H groups in total. The lowest BCUT2D eigenvalue weighted by atomic mass is 9.68. The molecule has 0 bridgehead atoms. The summed E-state index contributed by atoms with van der Waals surface area (Å²) in [6, 6.07) is 31.8. The zero-order chi connectivity index (χ0) is 34.5. The Labute approximate surface area is 285 Å². The van der Waals surface area contributed by atoms with Gasteiger partial charge in [-0.3, -0.25) is 14.5 Å². The smallest absolute Gasteiger partial charge is 0.488 e. The van der Waals surface area contributed by atoms with Crippen LogP contribution in [0.1, 0.15) is 30.4 Å². The molecule has 49 heavy (non-hydrogen) atoms. The van der Waals surface area contributed by atoms with Crippen molar-refractivity contribution < 1.29 is 39.7 Å². The highest BCUT2D eigenvalue weighted by Gasteiger charge is 2.55. The highest BCUT2D eigenvalue weighted by Crippen LogP contribution is 2.47. The third kappa shape index (κ3) is 7.38. The quantitative estimate of drug-likeness (QED) is 0.0665. The normalized spacial score (nSPS) is 20.0. The molecule has 10 heteroatoms. The van der Waals surface area contributed by atoms with Gasteiger partial charge in [0.15, 0.2) is 0 Å². The number of aliphatic hydroxyl groups excluding tert-OH is 2. The molecule has 1 heterocycles. The van der Waals surface area contributed by atoms with Crippen LogP contribution < -0.4 is 15.1 Å². The molecule has 0 aromatic heterocycles. The standard InChI is InChI=1S/C39H38BNO8/c42-23-34-36(35(44)19-16-27(26-8-3-1-4-9-26)20-25-14-17-31(43)18-15-25)28(24-49-32-12-5-2-6-13-32)21-33-37(34)39(46)41(38(33)45)30-11-7-10-29(22-30)40(47)48/h1-15,17-18,20,22,33-35,37,42-44,47-48H,16,19,21,23-24H2/b27-20-/t33-,34+,35-,37-/m1/s1. The van der Waals surface area contributed by atoms with Crippen LogP contribution in [-0.4, -0.2) is 63.6 Å². The molecule has 1 aliphatic carbocycles. The minimum absolute atomic E-state index is 0.0542. The summed E-state index contributed by atoms with van der Waals surface area (Å²) in [5.41, 5.74) is 4.29. The van der Waals surface area contributed by atoms with Gasteiger partial charge in [0, 0.05) is 5.92 Å². The highest BCUT2D eigenvalue weighted by molar-refractivity contribution is 6.58. The number of hydrogen-bond donors (Lipinski definition) is 5. The number of hydrogen-bond acceptors (Lipinski definition) is 8. The van der Waals surface area contributed by atoms with Crippen LogP contribution in [0.3, 0.4) is 0 Å². The molecular formula is C39H38BNO8. The maximum atomic E-state index is 14.0. The van der Waals surface area contributed by atoms with Crippen molar-refractivity contribution in [2.45, 2.75) is 25.4 Å². The Balaban J connectivity index is 1.33. The lowest BCUT2D eigenvalue weighted by Gasteiger charge is -2.36. The number of phenols is 1. The van der Waals surface area contributed by atoms with Crippen LogP contribution in [0.15, 0.2) is 120 Å². The molecule has 9 nitrogen and oxygen atoms in total. The van der Waals surface area contributed by atoms with E-state index in [4.69, 9.17) is 4.74 Å². The van der Waals surface area contributed by atoms with Crippen LogP contribution >= 0.6 is 0 Å². The number of benzene rings is 4. The number of anilines is 1. The molecule has 0 spiro atoms. The van der Waals surface area contributed by atoms with E-state index in [1.807, 2.05) is 66.7 Å². The fraction of sp³-hybridized carbons (Fsp3) is 0.231. The third-order valence-corrected chi connectivity index (χ3v) is 9.39. The number of ether oxygens (including phenoxy) is 1. The molecule has 6 rings (SSSR count). The monoisotopic (exact) mass is 659 g/mol. The molecule has 0 unspecified atom stereocenters. The molecule has 4 aromatic carbocycles. The van der Waals surface area contributed by atoms with Gasteiger partial charge in [-0.1, -0.05) is 78.9 Å². The van der Waals surface area contributed by atoms with E-state index in [-0.39, 0.29) is 36.3 Å². The second-order valence-corrected chi connectivity index (χ2v) is 12.4. The largest absolute Gasteiger partial charge is 0.508 e. The van der Waals surface area contributed by atoms with Crippen molar-refractivity contribution in [1.82, 2.24) is 0 Å². The number of carbonyl (C=O) groups is 2. The van der Waals surface area contributed by atoms with Crippen LogP contribution in [0.2, 0.25) is 0 Å². The molecule has 1 saturated heterocycles. The van der Waals surface area contributed by atoms with E-state index in [1.54, 1.807) is 36.4 Å². The molecular weight excluding hydrogens is 621 g/mol. The second kappa shape index (κ2) is 15.1. The third-order valence-electron chi connectivity index (χ3n) is 9.39. The number of phenolic OH excluding ortho intramolecular Hbond substituents is 1. The molecule has 2 amide bonds. The van der Waals surface area contributed by atoms with Crippen molar-refractivity contribution >= 4 is 41.7 Å². The number of amides is 2. The lowest BCUT2D eigenvalue weighted by Crippen LogP contribution is -2.40. The molecule has 0 radical (unpaired) electrons. The van der Waals surface area contributed by atoms with Gasteiger partial charge in [0.05, 0.1) is 30.2 Å². The zero-order valence-electron chi connectivity index (χ0n) is 26.8. The Bertz CT molecular complexity index is 1840. The summed E-state index contributed by atoms with van der Waals surface area (Å²) in [6.45, 7) is -0.418. The van der Waals surface area contributed by atoms with Crippen molar-refractivity contribution in [1.29, 1.82) is 0 Å². The highest BCUT2D eigenvalue weighted by atomic mass is 16.5.